The summed E-state index contributed by atoms with van der Waals surface area (Å²) in [6.45, 7) is 1.59. The molecule has 0 saturated carbocycles. The van der Waals surface area contributed by atoms with Crippen LogP contribution in [0.25, 0.3) is 10.9 Å². The van der Waals surface area contributed by atoms with Crippen molar-refractivity contribution in [3.63, 3.8) is 0 Å². The Kier molecular flexibility index (Phi) is 3.11. The summed E-state index contributed by atoms with van der Waals surface area (Å²) in [5, 5.41) is 12.1. The number of nitrogens with zero attached hydrogens (tertiary/aromatic N) is 2. The third-order valence-corrected chi connectivity index (χ3v) is 4.23. The number of anilines is 1. The number of benzene rings is 1. The number of fused-ring (bicyclic) bond motifs is 1. The second kappa shape index (κ2) is 4.85. The lowest BCUT2D eigenvalue weighted by Crippen LogP contribution is -2.12. The number of sulfonamides is 1. The Hall–Kier alpha value is -2.86. The molecule has 2 heterocycles. The number of H-pyrrole nitrogens is 1. The van der Waals surface area contributed by atoms with Gasteiger partial charge in [-0.15, -0.1) is 0 Å². The number of halogens is 1. The van der Waals surface area contributed by atoms with Gasteiger partial charge in [-0.25, -0.2) is 4.39 Å². The summed E-state index contributed by atoms with van der Waals surface area (Å²) >= 11 is 0. The van der Waals surface area contributed by atoms with E-state index < -0.39 is 15.8 Å². The number of nitrogens with one attached hydrogen (secondary N) is 2. The fourth-order valence-corrected chi connectivity index (χ4v) is 3.06. The van der Waals surface area contributed by atoms with E-state index in [4.69, 9.17) is 9.78 Å². The molecule has 0 saturated heterocycles. The van der Waals surface area contributed by atoms with Crippen LogP contribution in [0.15, 0.2) is 34.0 Å². The van der Waals surface area contributed by atoms with Gasteiger partial charge in [0.1, 0.15) is 11.9 Å². The Morgan fingerprint density at radius 1 is 1.45 bits per heavy atom. The van der Waals surface area contributed by atoms with Gasteiger partial charge >= 0.3 is 0 Å². The van der Waals surface area contributed by atoms with Crippen molar-refractivity contribution in [3.8, 4) is 6.07 Å². The van der Waals surface area contributed by atoms with Crippen molar-refractivity contribution in [1.29, 1.82) is 5.26 Å². The van der Waals surface area contributed by atoms with Gasteiger partial charge in [-0.05, 0) is 19.1 Å². The summed E-state index contributed by atoms with van der Waals surface area (Å²) in [6.07, 6.45) is 1.31. The fraction of sp³-hybridized carbons (Fsp3) is 0.0769. The van der Waals surface area contributed by atoms with Gasteiger partial charge < -0.3 is 9.51 Å². The van der Waals surface area contributed by atoms with E-state index in [1.165, 1.54) is 18.3 Å². The van der Waals surface area contributed by atoms with E-state index in [9.17, 15) is 12.8 Å². The van der Waals surface area contributed by atoms with Crippen molar-refractivity contribution < 1.29 is 17.3 Å². The highest BCUT2D eigenvalue weighted by Gasteiger charge is 2.22. The minimum absolute atomic E-state index is 0.0245. The first kappa shape index (κ1) is 14.1. The molecule has 0 unspecified atom stereocenters. The summed E-state index contributed by atoms with van der Waals surface area (Å²) in [5.41, 5.74) is 0.781. The Labute approximate surface area is 124 Å². The van der Waals surface area contributed by atoms with Gasteiger partial charge in [-0.2, -0.15) is 13.7 Å². The molecule has 3 aromatic rings. The lowest BCUT2D eigenvalue weighted by atomic mass is 10.1. The van der Waals surface area contributed by atoms with Gasteiger partial charge in [-0.1, -0.05) is 5.16 Å². The van der Waals surface area contributed by atoms with Gasteiger partial charge in [0.25, 0.3) is 15.1 Å². The molecule has 3 rings (SSSR count). The van der Waals surface area contributed by atoms with Gasteiger partial charge in [0.2, 0.25) is 0 Å². The van der Waals surface area contributed by atoms with Gasteiger partial charge in [-0.3, -0.25) is 4.72 Å². The average molecular weight is 320 g/mol. The molecule has 9 heteroatoms. The Bertz CT molecular complexity index is 1010. The molecule has 0 radical (unpaired) electrons. The van der Waals surface area contributed by atoms with Crippen LogP contribution in [0.5, 0.6) is 0 Å². The van der Waals surface area contributed by atoms with Crippen molar-refractivity contribution in [1.82, 2.24) is 10.1 Å². The van der Waals surface area contributed by atoms with Crippen molar-refractivity contribution in [3.05, 3.63) is 41.5 Å². The molecule has 2 aromatic heterocycles. The maximum atomic E-state index is 13.8. The third kappa shape index (κ3) is 2.19. The highest BCUT2D eigenvalue weighted by atomic mass is 32.2. The number of nitriles is 1. The standard InChI is InChI=1S/C13H9FN4O3S/c1-7-4-11(21-17-7)22(19,20)18-10-3-2-9(14)12-8(5-15)6-16-13(10)12/h2-4,6,16,18H,1H3. The molecule has 0 amide bonds. The molecule has 1 aromatic carbocycles. The van der Waals surface area contributed by atoms with Crippen LogP contribution in [-0.4, -0.2) is 18.6 Å². The van der Waals surface area contributed by atoms with E-state index >= 15 is 0 Å². The van der Waals surface area contributed by atoms with E-state index in [2.05, 4.69) is 14.9 Å². The summed E-state index contributed by atoms with van der Waals surface area (Å²) < 4.78 is 45.2. The van der Waals surface area contributed by atoms with Crippen LogP contribution in [0.1, 0.15) is 11.3 Å². The van der Waals surface area contributed by atoms with Crippen LogP contribution in [0, 0.1) is 24.1 Å². The Morgan fingerprint density at radius 3 is 2.86 bits per heavy atom. The molecule has 0 aliphatic rings. The molecular weight excluding hydrogens is 311 g/mol. The first-order valence-electron chi connectivity index (χ1n) is 6.08. The number of rotatable bonds is 3. The molecule has 0 bridgehead atoms. The first-order chi connectivity index (χ1) is 10.4. The largest absolute Gasteiger partial charge is 0.358 e. The van der Waals surface area contributed by atoms with Gasteiger partial charge in [0, 0.05) is 12.3 Å². The summed E-state index contributed by atoms with van der Waals surface area (Å²) in [6, 6.07) is 5.45. The number of aryl methyl sites for hydroxylation is 1. The Morgan fingerprint density at radius 2 is 2.23 bits per heavy atom. The second-order valence-electron chi connectivity index (χ2n) is 4.55. The summed E-state index contributed by atoms with van der Waals surface area (Å²) in [5.74, 6) is -0.619. The van der Waals surface area contributed by atoms with Crippen LogP contribution in [0.3, 0.4) is 0 Å². The molecule has 0 aliphatic carbocycles. The monoisotopic (exact) mass is 320 g/mol. The van der Waals surface area contributed by atoms with E-state index in [-0.39, 0.29) is 27.2 Å². The molecule has 112 valence electrons. The molecule has 0 fully saturated rings. The van der Waals surface area contributed by atoms with Crippen molar-refractivity contribution in [2.75, 3.05) is 4.72 Å². The second-order valence-corrected chi connectivity index (χ2v) is 6.17. The van der Waals surface area contributed by atoms with Crippen LogP contribution in [-0.2, 0) is 10.0 Å². The van der Waals surface area contributed by atoms with Crippen molar-refractivity contribution >= 4 is 26.6 Å². The predicted molar refractivity (Wildman–Crippen MR) is 75.0 cm³/mol. The minimum atomic E-state index is -4.00. The molecule has 0 spiro atoms. The van der Waals surface area contributed by atoms with Gasteiger partial charge in [0.05, 0.1) is 27.8 Å². The van der Waals surface area contributed by atoms with Crippen LogP contribution in [0.4, 0.5) is 10.1 Å². The zero-order chi connectivity index (χ0) is 15.9. The topological polar surface area (TPSA) is 112 Å². The Balaban J connectivity index is 2.11. The number of aromatic amines is 1. The maximum Gasteiger partial charge on any atom is 0.298 e. The maximum absolute atomic E-state index is 13.8. The summed E-state index contributed by atoms with van der Waals surface area (Å²) in [7, 11) is -4.00. The number of hydrogen-bond donors (Lipinski definition) is 2. The lowest BCUT2D eigenvalue weighted by molar-refractivity contribution is 0.337. The fourth-order valence-electron chi connectivity index (χ4n) is 2.04. The van der Waals surface area contributed by atoms with E-state index in [1.54, 1.807) is 6.92 Å². The lowest BCUT2D eigenvalue weighted by Gasteiger charge is -2.07. The summed E-state index contributed by atoms with van der Waals surface area (Å²) in [4.78, 5) is 2.69. The highest BCUT2D eigenvalue weighted by Crippen LogP contribution is 2.29. The molecule has 22 heavy (non-hydrogen) atoms. The quantitative estimate of drug-likeness (QED) is 0.769. The van der Waals surface area contributed by atoms with Crippen molar-refractivity contribution in [2.45, 2.75) is 12.0 Å². The van der Waals surface area contributed by atoms with Crippen LogP contribution >= 0.6 is 0 Å². The molecule has 2 N–H and O–H groups in total. The number of hydrogen-bond acceptors (Lipinski definition) is 5. The third-order valence-electron chi connectivity index (χ3n) is 3.02. The van der Waals surface area contributed by atoms with Gasteiger partial charge in [0.15, 0.2) is 0 Å². The zero-order valence-corrected chi connectivity index (χ0v) is 12.0. The predicted octanol–water partition coefficient (Wildman–Crippen LogP) is 2.28. The van der Waals surface area contributed by atoms with E-state index in [0.29, 0.717) is 5.69 Å². The van der Waals surface area contributed by atoms with E-state index in [1.807, 2.05) is 6.07 Å². The highest BCUT2D eigenvalue weighted by molar-refractivity contribution is 7.92. The number of aromatic nitrogens is 2. The molecular formula is C13H9FN4O3S. The van der Waals surface area contributed by atoms with Crippen LogP contribution < -0.4 is 4.72 Å². The van der Waals surface area contributed by atoms with Crippen molar-refractivity contribution in [2.24, 2.45) is 0 Å². The molecule has 0 aliphatic heterocycles. The zero-order valence-electron chi connectivity index (χ0n) is 11.2. The minimum Gasteiger partial charge on any atom is -0.358 e. The smallest absolute Gasteiger partial charge is 0.298 e. The van der Waals surface area contributed by atoms with Crippen LogP contribution in [0.2, 0.25) is 0 Å². The first-order valence-corrected chi connectivity index (χ1v) is 7.56. The SMILES string of the molecule is Cc1cc(S(=O)(=O)Nc2ccc(F)c3c(C#N)c[nH]c23)on1. The van der Waals surface area contributed by atoms with E-state index in [0.717, 1.165) is 6.07 Å². The average Bonchev–Trinajstić information content (AvgIpc) is 3.08. The molecule has 7 nitrogen and oxygen atoms in total. The molecule has 0 atom stereocenters. The normalized spacial score (nSPS) is 11.5.